The summed E-state index contributed by atoms with van der Waals surface area (Å²) in [4.78, 5) is 4.02. The second-order valence-electron chi connectivity index (χ2n) is 4.01. The zero-order valence-electron chi connectivity index (χ0n) is 8.76. The van der Waals surface area contributed by atoms with Crippen LogP contribution in [-0.2, 0) is 6.18 Å². The van der Waals surface area contributed by atoms with E-state index in [0.29, 0.717) is 10.3 Å². The van der Waals surface area contributed by atoms with Crippen LogP contribution in [0.2, 0.25) is 0 Å². The summed E-state index contributed by atoms with van der Waals surface area (Å²) in [6, 6.07) is 3.54. The van der Waals surface area contributed by atoms with Gasteiger partial charge in [-0.2, -0.15) is 13.2 Å². The molecule has 0 amide bonds. The Balaban J connectivity index is 2.34. The maximum atomic E-state index is 12.6. The zero-order valence-corrected chi connectivity index (χ0v) is 10.3. The van der Waals surface area contributed by atoms with Gasteiger partial charge in [-0.15, -0.1) is 0 Å². The number of aliphatic imine (C=N–C) groups is 1. The maximum Gasteiger partial charge on any atom is 0.416 e. The minimum Gasteiger partial charge on any atom is -0.387 e. The first-order valence-corrected chi connectivity index (χ1v) is 5.87. The van der Waals surface area contributed by atoms with E-state index in [1.807, 2.05) is 0 Å². The highest BCUT2D eigenvalue weighted by molar-refractivity contribution is 9.10. The van der Waals surface area contributed by atoms with Crippen LogP contribution >= 0.6 is 15.9 Å². The average molecular weight is 307 g/mol. The van der Waals surface area contributed by atoms with Crippen LogP contribution in [0.25, 0.3) is 0 Å². The van der Waals surface area contributed by atoms with E-state index in [-0.39, 0.29) is 11.6 Å². The molecule has 0 radical (unpaired) electrons. The van der Waals surface area contributed by atoms with Gasteiger partial charge >= 0.3 is 6.18 Å². The quantitative estimate of drug-likeness (QED) is 0.654. The third-order valence-corrected chi connectivity index (χ3v) is 2.92. The van der Waals surface area contributed by atoms with E-state index < -0.39 is 11.7 Å². The van der Waals surface area contributed by atoms with Crippen molar-refractivity contribution in [2.24, 2.45) is 16.6 Å². The number of rotatable bonds is 2. The molecule has 0 unspecified atom stereocenters. The molecule has 1 saturated carbocycles. The standard InChI is InChI=1S/C11H10BrF3N2/c12-8-3-7(11(13,14)15)4-9(5-8)17-10(16)6-1-2-6/h3-6H,1-2H2,(H2,16,17). The molecule has 1 fully saturated rings. The summed E-state index contributed by atoms with van der Waals surface area (Å²) in [7, 11) is 0. The van der Waals surface area contributed by atoms with Gasteiger partial charge in [0.1, 0.15) is 5.84 Å². The van der Waals surface area contributed by atoms with E-state index in [0.717, 1.165) is 25.0 Å². The van der Waals surface area contributed by atoms with Crippen LogP contribution in [0.3, 0.4) is 0 Å². The van der Waals surface area contributed by atoms with Crippen molar-refractivity contribution >= 4 is 27.5 Å². The molecule has 1 aromatic carbocycles. The Labute approximate surface area is 105 Å². The van der Waals surface area contributed by atoms with Crippen LogP contribution in [0.1, 0.15) is 18.4 Å². The van der Waals surface area contributed by atoms with Gasteiger partial charge in [-0.1, -0.05) is 15.9 Å². The van der Waals surface area contributed by atoms with Crippen molar-refractivity contribution in [3.63, 3.8) is 0 Å². The molecular weight excluding hydrogens is 297 g/mol. The first kappa shape index (κ1) is 12.4. The molecule has 2 nitrogen and oxygen atoms in total. The SMILES string of the molecule is NC(=Nc1cc(Br)cc(C(F)(F)F)c1)C1CC1. The van der Waals surface area contributed by atoms with Crippen LogP contribution < -0.4 is 5.73 Å². The third kappa shape index (κ3) is 3.21. The molecule has 17 heavy (non-hydrogen) atoms. The van der Waals surface area contributed by atoms with Crippen LogP contribution in [0.15, 0.2) is 27.7 Å². The van der Waals surface area contributed by atoms with Crippen molar-refractivity contribution < 1.29 is 13.2 Å². The molecule has 0 saturated heterocycles. The summed E-state index contributed by atoms with van der Waals surface area (Å²) in [6.07, 6.45) is -2.44. The molecule has 1 aliphatic carbocycles. The van der Waals surface area contributed by atoms with Crippen LogP contribution in [0.4, 0.5) is 18.9 Å². The lowest BCUT2D eigenvalue weighted by molar-refractivity contribution is -0.137. The molecule has 0 aromatic heterocycles. The van der Waals surface area contributed by atoms with Crippen molar-refractivity contribution in [2.45, 2.75) is 19.0 Å². The van der Waals surface area contributed by atoms with E-state index in [2.05, 4.69) is 20.9 Å². The van der Waals surface area contributed by atoms with Gasteiger partial charge in [0.2, 0.25) is 0 Å². The van der Waals surface area contributed by atoms with Gasteiger partial charge in [-0.05, 0) is 31.0 Å². The fraction of sp³-hybridized carbons (Fsp3) is 0.364. The van der Waals surface area contributed by atoms with E-state index in [4.69, 9.17) is 5.73 Å². The summed E-state index contributed by atoms with van der Waals surface area (Å²) < 4.78 is 38.0. The lowest BCUT2D eigenvalue weighted by Gasteiger charge is -2.08. The lowest BCUT2D eigenvalue weighted by Crippen LogP contribution is -2.13. The van der Waals surface area contributed by atoms with Crippen LogP contribution in [-0.4, -0.2) is 5.84 Å². The summed E-state index contributed by atoms with van der Waals surface area (Å²) in [6.45, 7) is 0. The summed E-state index contributed by atoms with van der Waals surface area (Å²) in [5, 5.41) is 0. The number of hydrogen-bond donors (Lipinski definition) is 1. The van der Waals surface area contributed by atoms with Gasteiger partial charge in [0, 0.05) is 10.4 Å². The molecule has 6 heteroatoms. The number of hydrogen-bond acceptors (Lipinski definition) is 1. The molecule has 1 aromatic rings. The fourth-order valence-corrected chi connectivity index (χ4v) is 1.90. The Bertz CT molecular complexity index is 464. The topological polar surface area (TPSA) is 38.4 Å². The van der Waals surface area contributed by atoms with E-state index in [1.165, 1.54) is 6.07 Å². The number of benzene rings is 1. The summed E-state index contributed by atoms with van der Waals surface area (Å²) >= 11 is 3.04. The van der Waals surface area contributed by atoms with Crippen LogP contribution in [0, 0.1) is 5.92 Å². The summed E-state index contributed by atoms with van der Waals surface area (Å²) in [5.74, 6) is 0.652. The monoisotopic (exact) mass is 306 g/mol. The number of amidine groups is 1. The highest BCUT2D eigenvalue weighted by atomic mass is 79.9. The Kier molecular flexibility index (Phi) is 3.16. The van der Waals surface area contributed by atoms with Crippen molar-refractivity contribution in [1.29, 1.82) is 0 Å². The van der Waals surface area contributed by atoms with Crippen LogP contribution in [0.5, 0.6) is 0 Å². The molecular formula is C11H10BrF3N2. The van der Waals surface area contributed by atoms with Crippen molar-refractivity contribution in [1.82, 2.24) is 0 Å². The number of halogens is 4. The molecule has 0 heterocycles. The van der Waals surface area contributed by atoms with Crippen molar-refractivity contribution in [3.05, 3.63) is 28.2 Å². The maximum absolute atomic E-state index is 12.6. The molecule has 0 aliphatic heterocycles. The minimum absolute atomic E-state index is 0.232. The Morgan fingerprint density at radius 1 is 1.29 bits per heavy atom. The van der Waals surface area contributed by atoms with Gasteiger partial charge in [-0.3, -0.25) is 0 Å². The minimum atomic E-state index is -4.37. The lowest BCUT2D eigenvalue weighted by atomic mass is 10.2. The van der Waals surface area contributed by atoms with E-state index >= 15 is 0 Å². The van der Waals surface area contributed by atoms with Gasteiger partial charge in [0.05, 0.1) is 11.3 Å². The smallest absolute Gasteiger partial charge is 0.387 e. The van der Waals surface area contributed by atoms with E-state index in [9.17, 15) is 13.2 Å². The third-order valence-electron chi connectivity index (χ3n) is 2.46. The van der Waals surface area contributed by atoms with Gasteiger partial charge in [0.15, 0.2) is 0 Å². The highest BCUT2D eigenvalue weighted by Gasteiger charge is 2.31. The Morgan fingerprint density at radius 2 is 1.94 bits per heavy atom. The Morgan fingerprint density at radius 3 is 2.47 bits per heavy atom. The number of nitrogens with two attached hydrogens (primary N) is 1. The molecule has 0 spiro atoms. The number of alkyl halides is 3. The molecule has 2 rings (SSSR count). The predicted molar refractivity (Wildman–Crippen MR) is 63.2 cm³/mol. The first-order chi connectivity index (χ1) is 7.86. The molecule has 0 bridgehead atoms. The Hall–Kier alpha value is -1.04. The molecule has 0 atom stereocenters. The van der Waals surface area contributed by atoms with Gasteiger partial charge in [-0.25, -0.2) is 4.99 Å². The number of nitrogens with zero attached hydrogens (tertiary/aromatic N) is 1. The van der Waals surface area contributed by atoms with Crippen molar-refractivity contribution in [3.8, 4) is 0 Å². The van der Waals surface area contributed by atoms with Gasteiger partial charge in [0.25, 0.3) is 0 Å². The molecule has 92 valence electrons. The fourth-order valence-electron chi connectivity index (χ4n) is 1.42. The zero-order chi connectivity index (χ0) is 12.6. The van der Waals surface area contributed by atoms with E-state index in [1.54, 1.807) is 0 Å². The molecule has 1 aliphatic rings. The summed E-state index contributed by atoms with van der Waals surface area (Å²) in [5.41, 5.74) is 5.18. The normalized spacial score (nSPS) is 17.3. The first-order valence-electron chi connectivity index (χ1n) is 5.08. The highest BCUT2D eigenvalue weighted by Crippen LogP contribution is 2.35. The van der Waals surface area contributed by atoms with Gasteiger partial charge < -0.3 is 5.73 Å². The largest absolute Gasteiger partial charge is 0.416 e. The second-order valence-corrected chi connectivity index (χ2v) is 4.92. The molecule has 2 N–H and O–H groups in total. The van der Waals surface area contributed by atoms with Crippen molar-refractivity contribution in [2.75, 3.05) is 0 Å². The average Bonchev–Trinajstić information content (AvgIpc) is 2.97. The second kappa shape index (κ2) is 4.33. The predicted octanol–water partition coefficient (Wildman–Crippen LogP) is 3.87.